The van der Waals surface area contributed by atoms with E-state index in [-0.39, 0.29) is 37.5 Å². The molecule has 0 aromatic rings. The average molecular weight is 372 g/mol. The molecule has 0 N–H and O–H groups in total. The third-order valence-electron chi connectivity index (χ3n) is 4.10. The first kappa shape index (κ1) is 22.2. The van der Waals surface area contributed by atoms with Crippen LogP contribution in [0.5, 0.6) is 0 Å². The summed E-state index contributed by atoms with van der Waals surface area (Å²) in [5.74, 6) is -0.895. The van der Waals surface area contributed by atoms with Gasteiger partial charge in [0.15, 0.2) is 0 Å². The molecule has 0 saturated carbocycles. The minimum atomic E-state index is -0.602. The molecule has 0 aromatic carbocycles. The molecule has 2 atom stereocenters. The van der Waals surface area contributed by atoms with E-state index in [0.29, 0.717) is 19.7 Å². The first-order valence-electron chi connectivity index (χ1n) is 9.02. The highest BCUT2D eigenvalue weighted by atomic mass is 16.6. The van der Waals surface area contributed by atoms with Crippen molar-refractivity contribution in [1.29, 1.82) is 0 Å². The van der Waals surface area contributed by atoms with Gasteiger partial charge in [-0.1, -0.05) is 6.92 Å². The van der Waals surface area contributed by atoms with E-state index in [9.17, 15) is 14.4 Å². The Labute approximate surface area is 155 Å². The summed E-state index contributed by atoms with van der Waals surface area (Å²) in [6.45, 7) is 10.8. The summed E-state index contributed by atoms with van der Waals surface area (Å²) in [4.78, 5) is 39.9. The number of hydrogen-bond donors (Lipinski definition) is 0. The van der Waals surface area contributed by atoms with Crippen molar-refractivity contribution < 1.29 is 28.6 Å². The van der Waals surface area contributed by atoms with Crippen molar-refractivity contribution in [3.63, 3.8) is 0 Å². The fraction of sp³-hybridized carbons (Fsp3) is 0.833. The first-order valence-corrected chi connectivity index (χ1v) is 9.02. The standard InChI is InChI=1S/C18H32N2O6/c1-7-19(11-13(2)16(22)24-6)15(21)10-14-12-25-9-8-20(14)17(23)26-18(3,4)5/h13-14H,7-12H2,1-6H3/t13-,14-/m1/s1. The number of amides is 2. The molecule has 1 aliphatic rings. The molecule has 1 rings (SSSR count). The van der Waals surface area contributed by atoms with E-state index in [4.69, 9.17) is 14.2 Å². The minimum absolute atomic E-state index is 0.126. The third-order valence-corrected chi connectivity index (χ3v) is 4.10. The number of esters is 1. The lowest BCUT2D eigenvalue weighted by Gasteiger charge is -2.37. The normalized spacial score (nSPS) is 18.8. The molecule has 8 nitrogen and oxygen atoms in total. The number of carbonyl (C=O) groups excluding carboxylic acids is 3. The van der Waals surface area contributed by atoms with Crippen LogP contribution in [0.15, 0.2) is 0 Å². The Balaban J connectivity index is 2.73. The zero-order valence-electron chi connectivity index (χ0n) is 16.7. The number of nitrogens with zero attached hydrogens (tertiary/aromatic N) is 2. The van der Waals surface area contributed by atoms with Crippen molar-refractivity contribution in [3.8, 4) is 0 Å². The molecular formula is C18H32N2O6. The fourth-order valence-electron chi connectivity index (χ4n) is 2.73. The summed E-state index contributed by atoms with van der Waals surface area (Å²) in [5, 5.41) is 0. The Kier molecular flexibility index (Phi) is 8.33. The van der Waals surface area contributed by atoms with Gasteiger partial charge in [0, 0.05) is 26.1 Å². The molecular weight excluding hydrogens is 340 g/mol. The van der Waals surface area contributed by atoms with Crippen LogP contribution in [0.3, 0.4) is 0 Å². The highest BCUT2D eigenvalue weighted by Crippen LogP contribution is 2.18. The molecule has 0 aliphatic carbocycles. The Bertz CT molecular complexity index is 502. The van der Waals surface area contributed by atoms with E-state index >= 15 is 0 Å². The van der Waals surface area contributed by atoms with Gasteiger partial charge < -0.3 is 24.0 Å². The smallest absolute Gasteiger partial charge is 0.410 e. The summed E-state index contributed by atoms with van der Waals surface area (Å²) in [7, 11) is 1.33. The van der Waals surface area contributed by atoms with Crippen LogP contribution in [0.2, 0.25) is 0 Å². The van der Waals surface area contributed by atoms with Gasteiger partial charge in [-0.25, -0.2) is 4.79 Å². The van der Waals surface area contributed by atoms with E-state index in [1.807, 2.05) is 6.92 Å². The molecule has 150 valence electrons. The van der Waals surface area contributed by atoms with E-state index in [2.05, 4.69) is 0 Å². The number of carbonyl (C=O) groups is 3. The maximum atomic E-state index is 12.7. The van der Waals surface area contributed by atoms with Crippen molar-refractivity contribution in [2.75, 3.05) is 40.0 Å². The average Bonchev–Trinajstić information content (AvgIpc) is 2.57. The van der Waals surface area contributed by atoms with E-state index in [0.717, 1.165) is 0 Å². The van der Waals surface area contributed by atoms with Gasteiger partial charge in [0.25, 0.3) is 0 Å². The van der Waals surface area contributed by atoms with Crippen LogP contribution in [0, 0.1) is 5.92 Å². The van der Waals surface area contributed by atoms with Crippen LogP contribution in [-0.2, 0) is 23.8 Å². The van der Waals surface area contributed by atoms with Gasteiger partial charge in [0.2, 0.25) is 5.91 Å². The summed E-state index contributed by atoms with van der Waals surface area (Å²) < 4.78 is 15.6. The van der Waals surface area contributed by atoms with Crippen molar-refractivity contribution >= 4 is 18.0 Å². The van der Waals surface area contributed by atoms with Gasteiger partial charge in [0.05, 0.1) is 32.3 Å². The predicted molar refractivity (Wildman–Crippen MR) is 95.6 cm³/mol. The molecule has 1 aliphatic heterocycles. The molecule has 0 unspecified atom stereocenters. The van der Waals surface area contributed by atoms with E-state index in [1.165, 1.54) is 7.11 Å². The third kappa shape index (κ3) is 6.82. The Hall–Kier alpha value is -1.83. The Morgan fingerprint density at radius 1 is 1.31 bits per heavy atom. The number of ether oxygens (including phenoxy) is 3. The molecule has 0 aromatic heterocycles. The fourth-order valence-corrected chi connectivity index (χ4v) is 2.73. The van der Waals surface area contributed by atoms with Crippen molar-refractivity contribution in [1.82, 2.24) is 9.80 Å². The van der Waals surface area contributed by atoms with Crippen LogP contribution < -0.4 is 0 Å². The molecule has 0 bridgehead atoms. The van der Waals surface area contributed by atoms with Crippen LogP contribution in [0.25, 0.3) is 0 Å². The first-order chi connectivity index (χ1) is 12.1. The van der Waals surface area contributed by atoms with Gasteiger partial charge in [0.1, 0.15) is 5.60 Å². The zero-order chi connectivity index (χ0) is 19.9. The maximum Gasteiger partial charge on any atom is 0.410 e. The molecule has 1 heterocycles. The van der Waals surface area contributed by atoms with Gasteiger partial charge in [-0.2, -0.15) is 0 Å². The van der Waals surface area contributed by atoms with Gasteiger partial charge >= 0.3 is 12.1 Å². The van der Waals surface area contributed by atoms with Gasteiger partial charge in [-0.05, 0) is 27.7 Å². The molecule has 2 amide bonds. The van der Waals surface area contributed by atoms with Crippen molar-refractivity contribution in [3.05, 3.63) is 0 Å². The monoisotopic (exact) mass is 372 g/mol. The SMILES string of the molecule is CCN(C[C@@H](C)C(=O)OC)C(=O)C[C@@H]1COCCN1C(=O)OC(C)(C)C. The van der Waals surface area contributed by atoms with E-state index in [1.54, 1.807) is 37.5 Å². The number of rotatable bonds is 6. The lowest BCUT2D eigenvalue weighted by Crippen LogP contribution is -2.52. The van der Waals surface area contributed by atoms with Crippen LogP contribution in [0.1, 0.15) is 41.0 Å². The summed E-state index contributed by atoms with van der Waals surface area (Å²) in [5.41, 5.74) is -0.602. The van der Waals surface area contributed by atoms with Gasteiger partial charge in [-0.3, -0.25) is 9.59 Å². The van der Waals surface area contributed by atoms with Crippen LogP contribution >= 0.6 is 0 Å². The molecule has 0 radical (unpaired) electrons. The summed E-state index contributed by atoms with van der Waals surface area (Å²) in [6, 6.07) is -0.381. The Morgan fingerprint density at radius 2 is 1.96 bits per heavy atom. The lowest BCUT2D eigenvalue weighted by molar-refractivity contribution is -0.146. The Morgan fingerprint density at radius 3 is 2.50 bits per heavy atom. The number of hydrogen-bond acceptors (Lipinski definition) is 6. The maximum absolute atomic E-state index is 12.7. The highest BCUT2D eigenvalue weighted by molar-refractivity contribution is 5.79. The molecule has 26 heavy (non-hydrogen) atoms. The molecule has 1 fully saturated rings. The molecule has 8 heteroatoms. The second kappa shape index (κ2) is 9.75. The molecule has 1 saturated heterocycles. The second-order valence-electron chi connectivity index (χ2n) is 7.46. The van der Waals surface area contributed by atoms with Crippen molar-refractivity contribution in [2.45, 2.75) is 52.7 Å². The minimum Gasteiger partial charge on any atom is -0.469 e. The number of methoxy groups -OCH3 is 1. The second-order valence-corrected chi connectivity index (χ2v) is 7.46. The zero-order valence-corrected chi connectivity index (χ0v) is 16.7. The molecule has 0 spiro atoms. The van der Waals surface area contributed by atoms with Crippen LogP contribution in [-0.4, -0.2) is 79.4 Å². The summed E-state index contributed by atoms with van der Waals surface area (Å²) in [6.07, 6.45) is -0.314. The van der Waals surface area contributed by atoms with Crippen LogP contribution in [0.4, 0.5) is 4.79 Å². The quantitative estimate of drug-likeness (QED) is 0.660. The summed E-state index contributed by atoms with van der Waals surface area (Å²) >= 11 is 0. The number of morpholine rings is 1. The van der Waals surface area contributed by atoms with E-state index < -0.39 is 17.6 Å². The topological polar surface area (TPSA) is 85.4 Å². The highest BCUT2D eigenvalue weighted by Gasteiger charge is 2.33. The van der Waals surface area contributed by atoms with Crippen molar-refractivity contribution in [2.24, 2.45) is 5.92 Å². The van der Waals surface area contributed by atoms with Gasteiger partial charge in [-0.15, -0.1) is 0 Å². The largest absolute Gasteiger partial charge is 0.469 e. The lowest BCUT2D eigenvalue weighted by atomic mass is 10.1. The predicted octanol–water partition coefficient (Wildman–Crippen LogP) is 1.67.